The summed E-state index contributed by atoms with van der Waals surface area (Å²) in [5.41, 5.74) is 3.11. The standard InChI is InChI=1S/C21H24ClFN4O2S/c1-13-16(14(2)25-21(24-13)30-3)6-7-19(28)26-8-10-27(11-9-26)20(29)17-5-4-15(23)12-18(17)22/h4-5,12H,6-11H2,1-3H3. The van der Waals surface area contributed by atoms with Gasteiger partial charge in [0.1, 0.15) is 5.82 Å². The number of nitrogens with zero attached hydrogens (tertiary/aromatic N) is 4. The molecule has 3 rings (SSSR count). The van der Waals surface area contributed by atoms with Gasteiger partial charge in [-0.3, -0.25) is 9.59 Å². The first kappa shape index (κ1) is 22.5. The maximum absolute atomic E-state index is 13.2. The van der Waals surface area contributed by atoms with Crippen LogP contribution in [-0.2, 0) is 11.2 Å². The summed E-state index contributed by atoms with van der Waals surface area (Å²) in [6, 6.07) is 3.75. The minimum Gasteiger partial charge on any atom is -0.339 e. The first-order valence-corrected chi connectivity index (χ1v) is 11.3. The van der Waals surface area contributed by atoms with Crippen molar-refractivity contribution in [1.29, 1.82) is 0 Å². The molecule has 0 radical (unpaired) electrons. The van der Waals surface area contributed by atoms with Gasteiger partial charge < -0.3 is 9.80 Å². The summed E-state index contributed by atoms with van der Waals surface area (Å²) in [5, 5.41) is 0.834. The van der Waals surface area contributed by atoms with Gasteiger partial charge in [-0.15, -0.1) is 0 Å². The molecule has 30 heavy (non-hydrogen) atoms. The Morgan fingerprint density at radius 3 is 2.27 bits per heavy atom. The molecular weight excluding hydrogens is 427 g/mol. The number of hydrogen-bond donors (Lipinski definition) is 0. The first-order chi connectivity index (χ1) is 14.3. The minimum atomic E-state index is -0.481. The van der Waals surface area contributed by atoms with E-state index in [-0.39, 0.29) is 22.4 Å². The van der Waals surface area contributed by atoms with Crippen molar-refractivity contribution in [3.05, 3.63) is 51.6 Å². The first-order valence-electron chi connectivity index (χ1n) is 9.70. The van der Waals surface area contributed by atoms with Gasteiger partial charge in [-0.25, -0.2) is 14.4 Å². The van der Waals surface area contributed by atoms with Gasteiger partial charge in [0.05, 0.1) is 10.6 Å². The number of halogens is 2. The fraction of sp³-hybridized carbons (Fsp3) is 0.429. The molecule has 1 aromatic carbocycles. The average Bonchev–Trinajstić information content (AvgIpc) is 2.72. The number of aromatic nitrogens is 2. The van der Waals surface area contributed by atoms with Crippen molar-refractivity contribution < 1.29 is 14.0 Å². The van der Waals surface area contributed by atoms with Gasteiger partial charge in [0.15, 0.2) is 5.16 Å². The van der Waals surface area contributed by atoms with Gasteiger partial charge in [0.25, 0.3) is 5.91 Å². The highest BCUT2D eigenvalue weighted by molar-refractivity contribution is 7.98. The number of carbonyl (C=O) groups is 2. The lowest BCUT2D eigenvalue weighted by Gasteiger charge is -2.35. The molecule has 0 aliphatic carbocycles. The van der Waals surface area contributed by atoms with Crippen LogP contribution < -0.4 is 0 Å². The Balaban J connectivity index is 1.55. The van der Waals surface area contributed by atoms with E-state index >= 15 is 0 Å². The zero-order valence-electron chi connectivity index (χ0n) is 17.2. The van der Waals surface area contributed by atoms with Crippen molar-refractivity contribution in [1.82, 2.24) is 19.8 Å². The molecule has 6 nitrogen and oxygen atoms in total. The summed E-state index contributed by atoms with van der Waals surface area (Å²) < 4.78 is 13.2. The van der Waals surface area contributed by atoms with Crippen LogP contribution in [0.2, 0.25) is 5.02 Å². The highest BCUT2D eigenvalue weighted by Gasteiger charge is 2.26. The highest BCUT2D eigenvalue weighted by Crippen LogP contribution is 2.21. The van der Waals surface area contributed by atoms with Crippen LogP contribution in [0.15, 0.2) is 23.4 Å². The lowest BCUT2D eigenvalue weighted by Crippen LogP contribution is -2.50. The molecule has 0 spiro atoms. The van der Waals surface area contributed by atoms with Gasteiger partial charge in [-0.2, -0.15) is 0 Å². The van der Waals surface area contributed by atoms with Gasteiger partial charge in [-0.05, 0) is 50.3 Å². The normalized spacial score (nSPS) is 14.2. The molecule has 1 saturated heterocycles. The zero-order valence-corrected chi connectivity index (χ0v) is 18.8. The second-order valence-corrected chi connectivity index (χ2v) is 8.34. The van der Waals surface area contributed by atoms with E-state index in [9.17, 15) is 14.0 Å². The molecule has 1 fully saturated rings. The van der Waals surface area contributed by atoms with Crippen LogP contribution in [0.1, 0.15) is 33.7 Å². The summed E-state index contributed by atoms with van der Waals surface area (Å²) in [5.74, 6) is -0.676. The van der Waals surface area contributed by atoms with E-state index in [1.54, 1.807) is 9.80 Å². The second-order valence-electron chi connectivity index (χ2n) is 7.16. The van der Waals surface area contributed by atoms with Crippen LogP contribution in [0, 0.1) is 19.7 Å². The SMILES string of the molecule is CSc1nc(C)c(CCC(=O)N2CCN(C(=O)c3ccc(F)cc3Cl)CC2)c(C)n1. The van der Waals surface area contributed by atoms with Crippen LogP contribution in [0.25, 0.3) is 0 Å². The third-order valence-electron chi connectivity index (χ3n) is 5.25. The number of aryl methyl sites for hydroxylation is 2. The van der Waals surface area contributed by atoms with Crippen molar-refractivity contribution in [3.63, 3.8) is 0 Å². The summed E-state index contributed by atoms with van der Waals surface area (Å²) >= 11 is 7.50. The van der Waals surface area contributed by atoms with Crippen molar-refractivity contribution in [2.75, 3.05) is 32.4 Å². The Hall–Kier alpha value is -2.19. The van der Waals surface area contributed by atoms with E-state index in [0.29, 0.717) is 39.0 Å². The summed E-state index contributed by atoms with van der Waals surface area (Å²) in [7, 11) is 0. The summed E-state index contributed by atoms with van der Waals surface area (Å²) in [4.78, 5) is 37.7. The van der Waals surface area contributed by atoms with Gasteiger partial charge in [0.2, 0.25) is 5.91 Å². The van der Waals surface area contributed by atoms with E-state index in [1.807, 2.05) is 20.1 Å². The number of benzene rings is 1. The Bertz CT molecular complexity index is 941. The van der Waals surface area contributed by atoms with E-state index in [4.69, 9.17) is 11.6 Å². The molecule has 9 heteroatoms. The number of rotatable bonds is 5. The van der Waals surface area contributed by atoms with Crippen LogP contribution in [0.4, 0.5) is 4.39 Å². The number of amides is 2. The average molecular weight is 451 g/mol. The Morgan fingerprint density at radius 2 is 1.70 bits per heavy atom. The second kappa shape index (κ2) is 9.75. The lowest BCUT2D eigenvalue weighted by atomic mass is 10.1. The van der Waals surface area contributed by atoms with Gasteiger partial charge in [-0.1, -0.05) is 23.4 Å². The zero-order chi connectivity index (χ0) is 21.8. The van der Waals surface area contributed by atoms with E-state index in [2.05, 4.69) is 9.97 Å². The van der Waals surface area contributed by atoms with Crippen LogP contribution in [0.3, 0.4) is 0 Å². The molecule has 0 N–H and O–H groups in total. The van der Waals surface area contributed by atoms with Crippen molar-refractivity contribution in [2.45, 2.75) is 31.8 Å². The van der Waals surface area contributed by atoms with E-state index in [1.165, 1.54) is 23.9 Å². The third-order valence-corrected chi connectivity index (χ3v) is 6.11. The van der Waals surface area contributed by atoms with Crippen LogP contribution in [-0.4, -0.2) is 64.0 Å². The predicted octanol–water partition coefficient (Wildman–Crippen LogP) is 3.53. The summed E-state index contributed by atoms with van der Waals surface area (Å²) in [6.45, 7) is 5.65. The maximum Gasteiger partial charge on any atom is 0.255 e. The molecular formula is C21H24ClFN4O2S. The molecule has 1 aromatic heterocycles. The van der Waals surface area contributed by atoms with Crippen LogP contribution >= 0.6 is 23.4 Å². The number of carbonyl (C=O) groups excluding carboxylic acids is 2. The van der Waals surface area contributed by atoms with E-state index < -0.39 is 5.82 Å². The lowest BCUT2D eigenvalue weighted by molar-refractivity contribution is -0.132. The molecule has 0 bridgehead atoms. The van der Waals surface area contributed by atoms with Crippen molar-refractivity contribution in [3.8, 4) is 0 Å². The van der Waals surface area contributed by atoms with Crippen LogP contribution in [0.5, 0.6) is 0 Å². The molecule has 0 saturated carbocycles. The molecule has 0 atom stereocenters. The molecule has 160 valence electrons. The minimum absolute atomic E-state index is 0.0506. The predicted molar refractivity (Wildman–Crippen MR) is 116 cm³/mol. The molecule has 1 aliphatic rings. The third kappa shape index (κ3) is 5.10. The monoisotopic (exact) mass is 450 g/mol. The molecule has 2 aromatic rings. The fourth-order valence-electron chi connectivity index (χ4n) is 3.54. The number of piperazine rings is 1. The Labute approximate surface area is 184 Å². The molecule has 2 amide bonds. The van der Waals surface area contributed by atoms with Crippen molar-refractivity contribution in [2.24, 2.45) is 0 Å². The quantitative estimate of drug-likeness (QED) is 0.515. The summed E-state index contributed by atoms with van der Waals surface area (Å²) in [6.07, 6.45) is 2.91. The topological polar surface area (TPSA) is 66.4 Å². The maximum atomic E-state index is 13.2. The van der Waals surface area contributed by atoms with Crippen molar-refractivity contribution >= 4 is 35.2 Å². The smallest absolute Gasteiger partial charge is 0.255 e. The molecule has 0 unspecified atom stereocenters. The van der Waals surface area contributed by atoms with E-state index in [0.717, 1.165) is 28.2 Å². The number of thioether (sulfide) groups is 1. The molecule has 2 heterocycles. The Kier molecular flexibility index (Phi) is 7.31. The van der Waals surface area contributed by atoms with Gasteiger partial charge >= 0.3 is 0 Å². The Morgan fingerprint density at radius 1 is 1.10 bits per heavy atom. The molecule has 1 aliphatic heterocycles. The van der Waals surface area contributed by atoms with Gasteiger partial charge in [0, 0.05) is 44.0 Å². The fourth-order valence-corrected chi connectivity index (χ4v) is 4.25. The number of hydrogen-bond acceptors (Lipinski definition) is 5. The highest BCUT2D eigenvalue weighted by atomic mass is 35.5. The largest absolute Gasteiger partial charge is 0.339 e.